The van der Waals surface area contributed by atoms with Crippen molar-refractivity contribution in [2.75, 3.05) is 54.6 Å². The first-order valence-electron chi connectivity index (χ1n) is 23.2. The zero-order valence-corrected chi connectivity index (χ0v) is 45.7. The van der Waals surface area contributed by atoms with Gasteiger partial charge in [-0.2, -0.15) is 0 Å². The smallest absolute Gasteiger partial charge is 0.332 e. The van der Waals surface area contributed by atoms with Crippen LogP contribution in [0.25, 0.3) is 0 Å². The predicted molar refractivity (Wildman–Crippen MR) is 271 cm³/mol. The molecular weight excluding hydrogens is 1200 g/mol. The minimum absolute atomic E-state index is 0. The van der Waals surface area contributed by atoms with Crippen LogP contribution in [0.4, 0.5) is 0 Å². The van der Waals surface area contributed by atoms with Crippen molar-refractivity contribution in [3.05, 3.63) is 144 Å². The molecule has 4 N–H and O–H groups in total. The summed E-state index contributed by atoms with van der Waals surface area (Å²) >= 11 is 0. The van der Waals surface area contributed by atoms with E-state index in [4.69, 9.17) is 0 Å². The Bertz CT molecular complexity index is 2450. The molecule has 2 radical (unpaired) electrons. The number of nitrogens with zero attached hydrogens (tertiary/aromatic N) is 8. The van der Waals surface area contributed by atoms with Gasteiger partial charge in [0.25, 0.3) is 24.1 Å². The van der Waals surface area contributed by atoms with Gasteiger partial charge in [-0.15, -0.1) is 0 Å². The van der Waals surface area contributed by atoms with Crippen molar-refractivity contribution in [1.29, 1.82) is 0 Å². The molecule has 78 heavy (non-hydrogen) atoms. The van der Waals surface area contributed by atoms with E-state index in [0.29, 0.717) is 0 Å². The summed E-state index contributed by atoms with van der Waals surface area (Å²) in [6, 6.07) is 31.5. The van der Waals surface area contributed by atoms with Crippen LogP contribution in [0.3, 0.4) is 0 Å². The maximum atomic E-state index is 12.0. The van der Waals surface area contributed by atoms with Gasteiger partial charge in [-0.05, 0) is 22.3 Å². The second-order valence-corrected chi connectivity index (χ2v) is 16.5. The number of hydrogen-bond donors (Lipinski definition) is 4. The van der Waals surface area contributed by atoms with Gasteiger partial charge < -0.3 is 39.4 Å². The summed E-state index contributed by atoms with van der Waals surface area (Å²) in [5, 5.41) is 38.4. The monoisotopic (exact) mass is 1250 g/mol. The Balaban J connectivity index is 0.000000271. The largest absolute Gasteiger partial charge is 0.480 e. The summed E-state index contributed by atoms with van der Waals surface area (Å²) < 4.78 is 18.1. The van der Waals surface area contributed by atoms with Crippen LogP contribution in [-0.2, 0) is 122 Å². The van der Waals surface area contributed by atoms with Crippen molar-refractivity contribution < 1.29 is 117 Å². The van der Waals surface area contributed by atoms with Crippen LogP contribution in [0, 0.1) is 0 Å². The maximum Gasteiger partial charge on any atom is 0.332 e. The number of hydrogen-bond acceptors (Lipinski definition) is 16. The second-order valence-electron chi connectivity index (χ2n) is 16.5. The molecule has 0 saturated carbocycles. The van der Waals surface area contributed by atoms with Crippen LogP contribution < -0.4 is 0 Å². The molecule has 8 rings (SSSR count). The number of carbonyl (C=O) groups excluding carboxylic acids is 8. The maximum absolute atomic E-state index is 12.0. The fourth-order valence-electron chi connectivity index (χ4n) is 7.39. The van der Waals surface area contributed by atoms with Crippen molar-refractivity contribution in [3.8, 4) is 0 Å². The van der Waals surface area contributed by atoms with E-state index in [1.807, 2.05) is 121 Å². The van der Waals surface area contributed by atoms with Gasteiger partial charge in [-0.1, -0.05) is 121 Å². The van der Waals surface area contributed by atoms with Crippen LogP contribution in [0.15, 0.2) is 141 Å². The fraction of sp³-hybridized carbons (Fsp3) is 0.308. The third-order valence-electron chi connectivity index (χ3n) is 11.4. The third kappa shape index (κ3) is 18.5. The van der Waals surface area contributed by atoms with E-state index >= 15 is 0 Å². The SMILES string of the molecule is COC(=O)[C@@H]1CN(C(=O)Cc2ccccc2)C(O)=N1.COC(=O)[C@@H]1CN(C(=O)Cc2ccccc2)C(O)=N1.COC(=O)[C@@H]1CN(C(=O)Cc2ccccc2)C(O)=N1.COC(=O)[C@@H]1CN(C(=O)Cc2ccccc2)C(O)=N1.[Rh].[Rh]. The Morgan fingerprint density at radius 2 is 0.526 bits per heavy atom. The molecule has 4 heterocycles. The number of aliphatic hydroxyl groups is 4. The minimum atomic E-state index is -0.843. The number of carbonyl (C=O) groups is 8. The van der Waals surface area contributed by atoms with Crippen LogP contribution in [0.5, 0.6) is 0 Å². The summed E-state index contributed by atoms with van der Waals surface area (Å²) in [6.07, 6.45) is 0.589. The summed E-state index contributed by atoms with van der Waals surface area (Å²) in [5.74, 6) is -3.50. The normalized spacial score (nSPS) is 17.6. The van der Waals surface area contributed by atoms with Gasteiger partial charge in [0, 0.05) is 39.0 Å². The Kier molecular flexibility index (Phi) is 26.1. The second kappa shape index (κ2) is 31.7. The average molecular weight is 1250 g/mol. The Morgan fingerprint density at radius 3 is 0.679 bits per heavy atom. The molecule has 0 aliphatic carbocycles. The number of ether oxygens (including phenoxy) is 4. The van der Waals surface area contributed by atoms with Crippen molar-refractivity contribution in [3.63, 3.8) is 0 Å². The van der Waals surface area contributed by atoms with Crippen molar-refractivity contribution in [1.82, 2.24) is 19.6 Å². The van der Waals surface area contributed by atoms with Gasteiger partial charge in [0.1, 0.15) is 0 Å². The fourth-order valence-corrected chi connectivity index (χ4v) is 7.39. The van der Waals surface area contributed by atoms with Crippen LogP contribution in [-0.4, -0.2) is 190 Å². The van der Waals surface area contributed by atoms with E-state index < -0.39 is 72.1 Å². The first kappa shape index (κ1) is 64.1. The minimum Gasteiger partial charge on any atom is -0.480 e. The van der Waals surface area contributed by atoms with Crippen molar-refractivity contribution in [2.45, 2.75) is 49.9 Å². The van der Waals surface area contributed by atoms with E-state index in [0.717, 1.165) is 41.9 Å². The molecule has 418 valence electrons. The quantitative estimate of drug-likeness (QED) is 0.0897. The molecule has 0 aromatic heterocycles. The molecule has 0 spiro atoms. The van der Waals surface area contributed by atoms with Gasteiger partial charge in [-0.3, -0.25) is 38.8 Å². The van der Waals surface area contributed by atoms with Gasteiger partial charge in [-0.25, -0.2) is 39.1 Å². The Hall–Kier alpha value is -8.23. The van der Waals surface area contributed by atoms with Gasteiger partial charge >= 0.3 is 23.9 Å². The molecule has 4 aliphatic rings. The zero-order valence-electron chi connectivity index (χ0n) is 42.4. The third-order valence-corrected chi connectivity index (χ3v) is 11.4. The standard InChI is InChI=1S/4C13H14N2O4.2Rh/c4*1-19-12(17)10-8-15(13(18)14-10)11(16)7-9-5-3-2-4-6-9;;/h4*2-6,10H,7-8H2,1H3,(H,14,18);;/t4*10-;;/m0000../s1. The van der Waals surface area contributed by atoms with Gasteiger partial charge in [0.05, 0.1) is 80.3 Å². The number of esters is 4. The number of aliphatic imine (C=N–C) groups is 4. The number of amides is 4. The molecule has 4 atom stereocenters. The molecule has 0 unspecified atom stereocenters. The van der Waals surface area contributed by atoms with Crippen molar-refractivity contribution in [2.24, 2.45) is 20.0 Å². The molecular formula is C52H56N8O16Rh2. The molecule has 26 heteroatoms. The first-order valence-corrected chi connectivity index (χ1v) is 23.2. The summed E-state index contributed by atoms with van der Waals surface area (Å²) in [5.41, 5.74) is 3.34. The number of methoxy groups -OCH3 is 4. The molecule has 4 aromatic carbocycles. The predicted octanol–water partition coefficient (Wildman–Crippen LogP) is 2.10. The summed E-state index contributed by atoms with van der Waals surface area (Å²) in [6.45, 7) is 0.0721. The number of rotatable bonds is 12. The zero-order chi connectivity index (χ0) is 55.3. The number of amidine groups is 4. The summed E-state index contributed by atoms with van der Waals surface area (Å²) in [4.78, 5) is 112. The topological polar surface area (TPSA) is 317 Å². The van der Waals surface area contributed by atoms with E-state index in [1.54, 1.807) is 0 Å². The summed E-state index contributed by atoms with van der Waals surface area (Å²) in [7, 11) is 4.96. The number of benzene rings is 4. The van der Waals surface area contributed by atoms with E-state index in [9.17, 15) is 58.8 Å². The van der Waals surface area contributed by atoms with Gasteiger partial charge in [0.15, 0.2) is 24.2 Å². The molecule has 4 aromatic rings. The molecule has 4 amide bonds. The Labute approximate surface area is 473 Å². The van der Waals surface area contributed by atoms with E-state index in [1.165, 1.54) is 28.4 Å². The van der Waals surface area contributed by atoms with Crippen LogP contribution in [0.2, 0.25) is 0 Å². The van der Waals surface area contributed by atoms with E-state index in [2.05, 4.69) is 38.9 Å². The molecule has 4 aliphatic heterocycles. The van der Waals surface area contributed by atoms with Crippen molar-refractivity contribution >= 4 is 71.6 Å². The van der Waals surface area contributed by atoms with Crippen LogP contribution >= 0.6 is 0 Å². The first-order chi connectivity index (χ1) is 36.5. The van der Waals surface area contributed by atoms with Crippen LogP contribution in [0.1, 0.15) is 22.3 Å². The molecule has 0 fully saturated rings. The number of aliphatic hydroxyl groups excluding tert-OH is 4. The Morgan fingerprint density at radius 1 is 0.359 bits per heavy atom. The molecule has 0 saturated heterocycles. The van der Waals surface area contributed by atoms with Gasteiger partial charge in [0.2, 0.25) is 23.6 Å². The molecule has 0 bridgehead atoms. The average Bonchev–Trinajstić information content (AvgIpc) is 4.24. The molecule has 24 nitrogen and oxygen atoms in total. The van der Waals surface area contributed by atoms with E-state index in [-0.39, 0.29) is 114 Å².